The van der Waals surface area contributed by atoms with E-state index in [-0.39, 0.29) is 12.2 Å². The molecule has 0 saturated heterocycles. The molecule has 0 heterocycles. The highest BCUT2D eigenvalue weighted by molar-refractivity contribution is 7.85. The fourth-order valence-corrected chi connectivity index (χ4v) is 1.94. The van der Waals surface area contributed by atoms with Gasteiger partial charge in [0.15, 0.2) is 0 Å². The molecular formula is C9H10F2OS. The minimum Gasteiger partial charge on any atom is -0.254 e. The number of halogens is 2. The first-order valence-electron chi connectivity index (χ1n) is 3.94. The van der Waals surface area contributed by atoms with Gasteiger partial charge in [-0.05, 0) is 30.7 Å². The zero-order valence-corrected chi connectivity index (χ0v) is 7.82. The summed E-state index contributed by atoms with van der Waals surface area (Å²) in [5, 5.41) is 0. The molecular weight excluding hydrogens is 194 g/mol. The summed E-state index contributed by atoms with van der Waals surface area (Å²) >= 11 is 0. The molecule has 0 amide bonds. The lowest BCUT2D eigenvalue weighted by molar-refractivity contribution is 0.488. The number of hydrogen-bond acceptors (Lipinski definition) is 1. The summed E-state index contributed by atoms with van der Waals surface area (Å²) in [5.74, 6) is -0.0615. The minimum atomic E-state index is -1.20. The monoisotopic (exact) mass is 204 g/mol. The van der Waals surface area contributed by atoms with E-state index in [1.54, 1.807) is 0 Å². The van der Waals surface area contributed by atoms with Crippen molar-refractivity contribution >= 4 is 10.8 Å². The van der Waals surface area contributed by atoms with E-state index in [1.807, 2.05) is 0 Å². The summed E-state index contributed by atoms with van der Waals surface area (Å²) in [7, 11) is -1.20. The number of rotatable bonds is 4. The fourth-order valence-electron chi connectivity index (χ4n) is 0.890. The molecule has 1 nitrogen and oxygen atoms in total. The molecule has 0 spiro atoms. The smallest absolute Gasteiger partial charge is 0.123 e. The largest absolute Gasteiger partial charge is 0.254 e. The van der Waals surface area contributed by atoms with Crippen molar-refractivity contribution in [3.8, 4) is 0 Å². The van der Waals surface area contributed by atoms with Gasteiger partial charge in [0, 0.05) is 10.6 Å². The van der Waals surface area contributed by atoms with Crippen molar-refractivity contribution in [1.82, 2.24) is 0 Å². The molecule has 1 aromatic carbocycles. The molecule has 0 saturated carbocycles. The van der Waals surface area contributed by atoms with Gasteiger partial charge in [0.2, 0.25) is 0 Å². The van der Waals surface area contributed by atoms with Crippen molar-refractivity contribution in [3.05, 3.63) is 30.1 Å². The highest BCUT2D eigenvalue weighted by Gasteiger charge is 2.02. The van der Waals surface area contributed by atoms with Crippen molar-refractivity contribution in [2.45, 2.75) is 11.3 Å². The summed E-state index contributed by atoms with van der Waals surface area (Å²) < 4.78 is 35.5. The third kappa shape index (κ3) is 3.22. The Morgan fingerprint density at radius 3 is 2.38 bits per heavy atom. The Kier molecular flexibility index (Phi) is 4.02. The molecule has 13 heavy (non-hydrogen) atoms. The zero-order chi connectivity index (χ0) is 9.68. The molecule has 1 atom stereocenters. The zero-order valence-electron chi connectivity index (χ0n) is 7.00. The van der Waals surface area contributed by atoms with Crippen molar-refractivity contribution < 1.29 is 13.0 Å². The van der Waals surface area contributed by atoms with Crippen LogP contribution in [0.15, 0.2) is 29.2 Å². The first kappa shape index (κ1) is 10.3. The molecule has 0 aromatic heterocycles. The number of benzene rings is 1. The first-order chi connectivity index (χ1) is 6.24. The van der Waals surface area contributed by atoms with Crippen LogP contribution in [0, 0.1) is 5.82 Å². The Morgan fingerprint density at radius 2 is 1.85 bits per heavy atom. The lowest BCUT2D eigenvalue weighted by Crippen LogP contribution is -1.98. The van der Waals surface area contributed by atoms with E-state index in [1.165, 1.54) is 24.3 Å². The fraction of sp³-hybridized carbons (Fsp3) is 0.333. The standard InChI is InChI=1S/C9H10F2OS/c10-6-1-7-13(12)9-4-2-8(11)3-5-9/h2-5H,1,6-7H2. The van der Waals surface area contributed by atoms with Gasteiger partial charge < -0.3 is 0 Å². The van der Waals surface area contributed by atoms with Crippen LogP contribution in [0.1, 0.15) is 6.42 Å². The average Bonchev–Trinajstić information content (AvgIpc) is 2.15. The predicted molar refractivity (Wildman–Crippen MR) is 48.3 cm³/mol. The van der Waals surface area contributed by atoms with Gasteiger partial charge in [0.1, 0.15) is 5.82 Å². The molecule has 0 bridgehead atoms. The molecule has 0 aliphatic carbocycles. The second-order valence-corrected chi connectivity index (χ2v) is 4.12. The van der Waals surface area contributed by atoms with Crippen LogP contribution in [0.5, 0.6) is 0 Å². The maximum Gasteiger partial charge on any atom is 0.123 e. The molecule has 0 radical (unpaired) electrons. The summed E-state index contributed by atoms with van der Waals surface area (Å²) in [6, 6.07) is 5.43. The van der Waals surface area contributed by atoms with Crippen LogP contribution < -0.4 is 0 Å². The SMILES string of the molecule is O=S(CCCF)c1ccc(F)cc1. The van der Waals surface area contributed by atoms with Crippen LogP contribution in [0.2, 0.25) is 0 Å². The Bertz CT molecular complexity index is 284. The molecule has 4 heteroatoms. The van der Waals surface area contributed by atoms with Crippen LogP contribution in [0.4, 0.5) is 8.78 Å². The molecule has 0 N–H and O–H groups in total. The second kappa shape index (κ2) is 5.07. The molecule has 1 unspecified atom stereocenters. The first-order valence-corrected chi connectivity index (χ1v) is 5.26. The van der Waals surface area contributed by atoms with Gasteiger partial charge in [-0.1, -0.05) is 0 Å². The maximum absolute atomic E-state index is 12.4. The van der Waals surface area contributed by atoms with Gasteiger partial charge >= 0.3 is 0 Å². The minimum absolute atomic E-state index is 0.282. The highest BCUT2D eigenvalue weighted by atomic mass is 32.2. The third-order valence-electron chi connectivity index (χ3n) is 1.54. The third-order valence-corrected chi connectivity index (χ3v) is 3.00. The van der Waals surface area contributed by atoms with Gasteiger partial charge in [-0.3, -0.25) is 8.60 Å². The Balaban J connectivity index is 2.61. The topological polar surface area (TPSA) is 17.1 Å². The van der Waals surface area contributed by atoms with Crippen LogP contribution in [0.3, 0.4) is 0 Å². The molecule has 0 aliphatic heterocycles. The van der Waals surface area contributed by atoms with Gasteiger partial charge in [0.05, 0.1) is 17.5 Å². The van der Waals surface area contributed by atoms with Crippen molar-refractivity contribution in [2.75, 3.05) is 12.4 Å². The second-order valence-electron chi connectivity index (χ2n) is 2.55. The Labute approximate surface area is 78.2 Å². The molecule has 0 fully saturated rings. The van der Waals surface area contributed by atoms with E-state index in [2.05, 4.69) is 0 Å². The van der Waals surface area contributed by atoms with Crippen molar-refractivity contribution in [3.63, 3.8) is 0 Å². The van der Waals surface area contributed by atoms with Crippen molar-refractivity contribution in [2.24, 2.45) is 0 Å². The molecule has 0 aliphatic rings. The summed E-state index contributed by atoms with van der Waals surface area (Å²) in [4.78, 5) is 0.551. The normalized spacial score (nSPS) is 12.8. The van der Waals surface area contributed by atoms with Gasteiger partial charge in [-0.2, -0.15) is 0 Å². The highest BCUT2D eigenvalue weighted by Crippen LogP contribution is 2.08. The van der Waals surface area contributed by atoms with E-state index in [0.29, 0.717) is 10.6 Å². The number of hydrogen-bond donors (Lipinski definition) is 0. The van der Waals surface area contributed by atoms with E-state index < -0.39 is 17.5 Å². The van der Waals surface area contributed by atoms with E-state index in [9.17, 15) is 13.0 Å². The lowest BCUT2D eigenvalue weighted by Gasteiger charge is -1.99. The quantitative estimate of drug-likeness (QED) is 0.735. The molecule has 72 valence electrons. The van der Waals surface area contributed by atoms with Crippen LogP contribution in [-0.2, 0) is 10.8 Å². The number of alkyl halides is 1. The lowest BCUT2D eigenvalue weighted by atomic mass is 10.4. The molecule has 1 aromatic rings. The average molecular weight is 204 g/mol. The van der Waals surface area contributed by atoms with E-state index in [4.69, 9.17) is 0 Å². The van der Waals surface area contributed by atoms with Gasteiger partial charge in [-0.15, -0.1) is 0 Å². The summed E-state index contributed by atoms with van der Waals surface area (Å²) in [6.45, 7) is -0.465. The van der Waals surface area contributed by atoms with E-state index in [0.717, 1.165) is 0 Å². The summed E-state index contributed by atoms with van der Waals surface area (Å²) in [6.07, 6.45) is 0.282. The van der Waals surface area contributed by atoms with Crippen LogP contribution in [0.25, 0.3) is 0 Å². The Hall–Kier alpha value is -0.770. The predicted octanol–water partition coefficient (Wildman–Crippen LogP) is 2.29. The van der Waals surface area contributed by atoms with Crippen molar-refractivity contribution in [1.29, 1.82) is 0 Å². The Morgan fingerprint density at radius 1 is 1.23 bits per heavy atom. The summed E-state index contributed by atoms with van der Waals surface area (Å²) in [5.41, 5.74) is 0. The van der Waals surface area contributed by atoms with Gasteiger partial charge in [-0.25, -0.2) is 4.39 Å². The van der Waals surface area contributed by atoms with Crippen LogP contribution >= 0.6 is 0 Å². The van der Waals surface area contributed by atoms with E-state index >= 15 is 0 Å². The maximum atomic E-state index is 12.4. The van der Waals surface area contributed by atoms with Crippen LogP contribution in [-0.4, -0.2) is 16.6 Å². The van der Waals surface area contributed by atoms with Gasteiger partial charge in [0.25, 0.3) is 0 Å². The molecule has 1 rings (SSSR count).